The maximum atomic E-state index is 12.3. The third kappa shape index (κ3) is 2.30. The zero-order chi connectivity index (χ0) is 13.2. The van der Waals surface area contributed by atoms with Crippen molar-refractivity contribution in [1.29, 1.82) is 0 Å². The molecule has 0 saturated carbocycles. The second kappa shape index (κ2) is 4.92. The molecule has 0 unspecified atom stereocenters. The first-order chi connectivity index (χ1) is 8.53. The third-order valence-electron chi connectivity index (χ3n) is 2.44. The van der Waals surface area contributed by atoms with E-state index in [1.165, 1.54) is 24.3 Å². The van der Waals surface area contributed by atoms with Gasteiger partial charge in [0.05, 0.1) is 15.4 Å². The quantitative estimate of drug-likeness (QED) is 0.812. The summed E-state index contributed by atoms with van der Waals surface area (Å²) in [6, 6.07) is 13.8. The summed E-state index contributed by atoms with van der Waals surface area (Å²) in [6.07, 6.45) is 0. The van der Waals surface area contributed by atoms with Gasteiger partial charge in [-0.05, 0) is 35.9 Å². The molecule has 0 fully saturated rings. The number of halogens is 1. The van der Waals surface area contributed by atoms with Crippen molar-refractivity contribution >= 4 is 26.7 Å². The van der Waals surface area contributed by atoms with Crippen molar-refractivity contribution in [1.82, 2.24) is 0 Å². The van der Waals surface area contributed by atoms with Crippen molar-refractivity contribution in [2.45, 2.75) is 9.79 Å². The first kappa shape index (κ1) is 12.8. The Bertz CT molecular complexity index is 678. The number of carbonyl (C=O) groups is 1. The lowest BCUT2D eigenvalue weighted by atomic mass is 10.2. The maximum Gasteiger partial charge on any atom is 0.253 e. The van der Waals surface area contributed by atoms with E-state index in [2.05, 4.69) is 0 Å². The van der Waals surface area contributed by atoms with E-state index in [1.807, 2.05) is 0 Å². The number of carbonyl (C=O) groups excluding carboxylic acids is 1. The molecule has 0 N–H and O–H groups in total. The van der Waals surface area contributed by atoms with Gasteiger partial charge in [-0.25, -0.2) is 8.42 Å². The molecule has 3 nitrogen and oxygen atoms in total. The molecule has 0 saturated heterocycles. The minimum absolute atomic E-state index is 0.0111. The van der Waals surface area contributed by atoms with E-state index >= 15 is 0 Å². The van der Waals surface area contributed by atoms with Crippen LogP contribution in [-0.2, 0) is 9.84 Å². The number of hydrogen-bond acceptors (Lipinski definition) is 3. The van der Waals surface area contributed by atoms with Crippen LogP contribution in [-0.4, -0.2) is 13.7 Å². The van der Waals surface area contributed by atoms with Gasteiger partial charge in [0.25, 0.3) is 5.24 Å². The van der Waals surface area contributed by atoms with Gasteiger partial charge in [-0.1, -0.05) is 30.3 Å². The standard InChI is InChI=1S/C13H9ClO3S/c14-13(15)11-8-4-5-9-12(11)18(16,17)10-6-2-1-3-7-10/h1-9H. The van der Waals surface area contributed by atoms with E-state index in [9.17, 15) is 13.2 Å². The molecule has 0 aliphatic heterocycles. The minimum Gasteiger partial charge on any atom is -0.276 e. The van der Waals surface area contributed by atoms with Crippen molar-refractivity contribution < 1.29 is 13.2 Å². The Labute approximate surface area is 110 Å². The maximum absolute atomic E-state index is 12.3. The number of benzene rings is 2. The second-order valence-electron chi connectivity index (χ2n) is 3.59. The predicted octanol–water partition coefficient (Wildman–Crippen LogP) is 2.90. The number of sulfone groups is 1. The van der Waals surface area contributed by atoms with E-state index in [1.54, 1.807) is 30.3 Å². The Hall–Kier alpha value is -1.65. The van der Waals surface area contributed by atoms with E-state index in [4.69, 9.17) is 11.6 Å². The zero-order valence-electron chi connectivity index (χ0n) is 9.21. The SMILES string of the molecule is O=C(Cl)c1ccccc1S(=O)(=O)c1ccccc1. The Morgan fingerprint density at radius 3 is 2.06 bits per heavy atom. The fourth-order valence-corrected chi connectivity index (χ4v) is 3.29. The van der Waals surface area contributed by atoms with Crippen molar-refractivity contribution in [3.63, 3.8) is 0 Å². The molecule has 0 amide bonds. The molecule has 0 heterocycles. The largest absolute Gasteiger partial charge is 0.276 e. The summed E-state index contributed by atoms with van der Waals surface area (Å²) in [4.78, 5) is 11.3. The van der Waals surface area contributed by atoms with Crippen LogP contribution in [0.15, 0.2) is 64.4 Å². The molecule has 2 aromatic rings. The van der Waals surface area contributed by atoms with Gasteiger partial charge in [0.15, 0.2) is 0 Å². The predicted molar refractivity (Wildman–Crippen MR) is 68.5 cm³/mol. The highest BCUT2D eigenvalue weighted by Crippen LogP contribution is 2.24. The van der Waals surface area contributed by atoms with E-state index in [0.29, 0.717) is 0 Å². The summed E-state index contributed by atoms with van der Waals surface area (Å²) in [7, 11) is -3.72. The second-order valence-corrected chi connectivity index (χ2v) is 5.85. The summed E-state index contributed by atoms with van der Waals surface area (Å²) in [5.74, 6) is 0. The van der Waals surface area contributed by atoms with Crippen LogP contribution in [0.2, 0.25) is 0 Å². The Morgan fingerprint density at radius 2 is 1.44 bits per heavy atom. The van der Waals surface area contributed by atoms with Crippen molar-refractivity contribution in [2.75, 3.05) is 0 Å². The molecule has 0 atom stereocenters. The van der Waals surface area contributed by atoms with Crippen LogP contribution in [0.25, 0.3) is 0 Å². The molecule has 0 aromatic heterocycles. The monoisotopic (exact) mass is 280 g/mol. The highest BCUT2D eigenvalue weighted by atomic mass is 35.5. The minimum atomic E-state index is -3.72. The van der Waals surface area contributed by atoms with E-state index in [0.717, 1.165) is 0 Å². The molecular formula is C13H9ClO3S. The Morgan fingerprint density at radius 1 is 0.889 bits per heavy atom. The molecule has 2 rings (SSSR count). The van der Waals surface area contributed by atoms with Crippen LogP contribution in [0.1, 0.15) is 10.4 Å². The summed E-state index contributed by atoms with van der Waals surface area (Å²) >= 11 is 5.40. The van der Waals surface area contributed by atoms with E-state index in [-0.39, 0.29) is 15.4 Å². The normalized spacial score (nSPS) is 11.2. The van der Waals surface area contributed by atoms with E-state index < -0.39 is 15.1 Å². The number of rotatable bonds is 3. The van der Waals surface area contributed by atoms with Gasteiger partial charge in [0.1, 0.15) is 0 Å². The van der Waals surface area contributed by atoms with Crippen LogP contribution in [0.4, 0.5) is 0 Å². The Balaban J connectivity index is 2.66. The van der Waals surface area contributed by atoms with Gasteiger partial charge in [-0.3, -0.25) is 4.79 Å². The summed E-state index contributed by atoms with van der Waals surface area (Å²) in [5, 5.41) is -0.787. The third-order valence-corrected chi connectivity index (χ3v) is 4.47. The first-order valence-corrected chi connectivity index (χ1v) is 6.98. The van der Waals surface area contributed by atoms with Crippen LogP contribution >= 0.6 is 11.6 Å². The summed E-state index contributed by atoms with van der Waals surface area (Å²) < 4.78 is 24.7. The average molecular weight is 281 g/mol. The molecule has 0 spiro atoms. The highest BCUT2D eigenvalue weighted by Gasteiger charge is 2.22. The molecule has 0 aliphatic carbocycles. The smallest absolute Gasteiger partial charge is 0.253 e. The molecule has 0 bridgehead atoms. The average Bonchev–Trinajstić information content (AvgIpc) is 2.39. The summed E-state index contributed by atoms with van der Waals surface area (Å²) in [6.45, 7) is 0. The fraction of sp³-hybridized carbons (Fsp3) is 0. The fourth-order valence-electron chi connectivity index (χ4n) is 1.59. The van der Waals surface area contributed by atoms with Gasteiger partial charge >= 0.3 is 0 Å². The van der Waals surface area contributed by atoms with Crippen molar-refractivity contribution in [2.24, 2.45) is 0 Å². The van der Waals surface area contributed by atoms with Crippen molar-refractivity contribution in [3.05, 3.63) is 60.2 Å². The van der Waals surface area contributed by atoms with Crippen LogP contribution < -0.4 is 0 Å². The molecule has 92 valence electrons. The molecule has 0 radical (unpaired) electrons. The lowest BCUT2D eigenvalue weighted by molar-refractivity contribution is 0.107. The van der Waals surface area contributed by atoms with Crippen LogP contribution in [0.3, 0.4) is 0 Å². The van der Waals surface area contributed by atoms with Gasteiger partial charge in [-0.2, -0.15) is 0 Å². The number of hydrogen-bond donors (Lipinski definition) is 0. The molecule has 5 heteroatoms. The first-order valence-electron chi connectivity index (χ1n) is 5.12. The topological polar surface area (TPSA) is 51.2 Å². The molecule has 0 aliphatic rings. The van der Waals surface area contributed by atoms with Gasteiger partial charge < -0.3 is 0 Å². The van der Waals surface area contributed by atoms with Crippen LogP contribution in [0.5, 0.6) is 0 Å². The molecular weight excluding hydrogens is 272 g/mol. The zero-order valence-corrected chi connectivity index (χ0v) is 10.8. The summed E-state index contributed by atoms with van der Waals surface area (Å²) in [5.41, 5.74) is -0.0111. The van der Waals surface area contributed by atoms with Crippen molar-refractivity contribution in [3.8, 4) is 0 Å². The van der Waals surface area contributed by atoms with Gasteiger partial charge in [-0.15, -0.1) is 0 Å². The Kier molecular flexibility index (Phi) is 3.50. The van der Waals surface area contributed by atoms with Crippen LogP contribution in [0, 0.1) is 0 Å². The highest BCUT2D eigenvalue weighted by molar-refractivity contribution is 7.91. The van der Waals surface area contributed by atoms with Gasteiger partial charge in [0, 0.05) is 0 Å². The lowest BCUT2D eigenvalue weighted by Crippen LogP contribution is -2.07. The van der Waals surface area contributed by atoms with Gasteiger partial charge in [0.2, 0.25) is 9.84 Å². The molecule has 18 heavy (non-hydrogen) atoms. The lowest BCUT2D eigenvalue weighted by Gasteiger charge is -2.07. The molecule has 2 aromatic carbocycles.